The quantitative estimate of drug-likeness (QED) is 0.697. The molecule has 0 spiro atoms. The minimum atomic E-state index is 0.758. The van der Waals surface area contributed by atoms with E-state index in [0.29, 0.717) is 0 Å². The minimum absolute atomic E-state index is 0.758. The van der Waals surface area contributed by atoms with Crippen LogP contribution in [0.2, 0.25) is 5.02 Å². The third-order valence-corrected chi connectivity index (χ3v) is 3.50. The van der Waals surface area contributed by atoms with Crippen molar-refractivity contribution in [3.05, 3.63) is 39.0 Å². The molecule has 0 aliphatic carbocycles. The van der Waals surface area contributed by atoms with Gasteiger partial charge in [0, 0.05) is 15.6 Å². The van der Waals surface area contributed by atoms with Gasteiger partial charge in [0.15, 0.2) is 0 Å². The molecule has 1 nitrogen and oxygen atoms in total. The number of halogens is 2. The molecule has 1 aromatic carbocycles. The van der Waals surface area contributed by atoms with Crippen LogP contribution in [0.5, 0.6) is 0 Å². The number of hydrogen-bond acceptors (Lipinski definition) is 1. The highest BCUT2D eigenvalue weighted by Gasteiger charge is 2.06. The fourth-order valence-electron chi connectivity index (χ4n) is 1.44. The minimum Gasteiger partial charge on any atom is -0.252 e. The SMILES string of the molecule is Cc1cc(Cl)c2ccc(C)c(Br)c2n1. The lowest BCUT2D eigenvalue weighted by Gasteiger charge is -2.06. The third-order valence-electron chi connectivity index (χ3n) is 2.19. The Kier molecular flexibility index (Phi) is 2.50. The number of aryl methyl sites for hydroxylation is 2. The Morgan fingerprint density at radius 3 is 2.71 bits per heavy atom. The molecule has 0 amide bonds. The zero-order valence-corrected chi connectivity index (χ0v) is 10.3. The van der Waals surface area contributed by atoms with Crippen molar-refractivity contribution in [3.8, 4) is 0 Å². The Hall–Kier alpha value is -0.600. The normalized spacial score (nSPS) is 10.9. The summed E-state index contributed by atoms with van der Waals surface area (Å²) >= 11 is 9.65. The van der Waals surface area contributed by atoms with Gasteiger partial charge in [0.05, 0.1) is 10.5 Å². The molecule has 1 heterocycles. The number of fused-ring (bicyclic) bond motifs is 1. The summed E-state index contributed by atoms with van der Waals surface area (Å²) in [5.74, 6) is 0. The van der Waals surface area contributed by atoms with E-state index in [1.165, 1.54) is 5.56 Å². The van der Waals surface area contributed by atoms with E-state index in [-0.39, 0.29) is 0 Å². The first-order valence-electron chi connectivity index (χ1n) is 4.31. The van der Waals surface area contributed by atoms with Gasteiger partial charge in [-0.1, -0.05) is 23.7 Å². The fourth-order valence-corrected chi connectivity index (χ4v) is 2.18. The Bertz CT molecular complexity index is 508. The average Bonchev–Trinajstić information content (AvgIpc) is 2.12. The highest BCUT2D eigenvalue weighted by Crippen LogP contribution is 2.30. The van der Waals surface area contributed by atoms with Crippen molar-refractivity contribution in [1.82, 2.24) is 4.98 Å². The van der Waals surface area contributed by atoms with E-state index >= 15 is 0 Å². The molecule has 0 radical (unpaired) electrons. The molecular weight excluding hydrogens is 261 g/mol. The smallest absolute Gasteiger partial charge is 0.0864 e. The van der Waals surface area contributed by atoms with Crippen LogP contribution in [0.25, 0.3) is 10.9 Å². The fraction of sp³-hybridized carbons (Fsp3) is 0.182. The zero-order chi connectivity index (χ0) is 10.3. The number of pyridine rings is 1. The van der Waals surface area contributed by atoms with Crippen molar-refractivity contribution >= 4 is 38.4 Å². The summed E-state index contributed by atoms with van der Waals surface area (Å²) in [7, 11) is 0. The monoisotopic (exact) mass is 269 g/mol. The summed E-state index contributed by atoms with van der Waals surface area (Å²) in [5.41, 5.74) is 3.05. The van der Waals surface area contributed by atoms with Crippen molar-refractivity contribution in [2.45, 2.75) is 13.8 Å². The first-order valence-corrected chi connectivity index (χ1v) is 5.48. The lowest BCUT2D eigenvalue weighted by molar-refractivity contribution is 1.24. The second-order valence-corrected chi connectivity index (χ2v) is 4.54. The molecule has 72 valence electrons. The van der Waals surface area contributed by atoms with Gasteiger partial charge in [-0.25, -0.2) is 0 Å². The van der Waals surface area contributed by atoms with Crippen LogP contribution in [0.1, 0.15) is 11.3 Å². The van der Waals surface area contributed by atoms with Gasteiger partial charge in [0.25, 0.3) is 0 Å². The van der Waals surface area contributed by atoms with Gasteiger partial charge in [-0.15, -0.1) is 0 Å². The van der Waals surface area contributed by atoms with E-state index in [0.717, 1.165) is 26.1 Å². The maximum absolute atomic E-state index is 6.13. The van der Waals surface area contributed by atoms with Crippen LogP contribution in [0.4, 0.5) is 0 Å². The van der Waals surface area contributed by atoms with Gasteiger partial charge in [-0.2, -0.15) is 0 Å². The van der Waals surface area contributed by atoms with E-state index in [1.54, 1.807) is 0 Å². The second-order valence-electron chi connectivity index (χ2n) is 3.34. The van der Waals surface area contributed by atoms with Crippen LogP contribution < -0.4 is 0 Å². The topological polar surface area (TPSA) is 12.9 Å². The van der Waals surface area contributed by atoms with Crippen LogP contribution in [0.3, 0.4) is 0 Å². The van der Waals surface area contributed by atoms with Crippen molar-refractivity contribution in [3.63, 3.8) is 0 Å². The highest BCUT2D eigenvalue weighted by atomic mass is 79.9. The number of rotatable bonds is 0. The van der Waals surface area contributed by atoms with E-state index in [2.05, 4.69) is 20.9 Å². The number of nitrogens with zero attached hydrogens (tertiary/aromatic N) is 1. The Morgan fingerprint density at radius 1 is 1.29 bits per heavy atom. The summed E-state index contributed by atoms with van der Waals surface area (Å²) in [4.78, 5) is 4.47. The molecule has 0 unspecified atom stereocenters. The van der Waals surface area contributed by atoms with Gasteiger partial charge in [0.2, 0.25) is 0 Å². The molecule has 2 aromatic rings. The van der Waals surface area contributed by atoms with Gasteiger partial charge in [-0.3, -0.25) is 4.98 Å². The van der Waals surface area contributed by atoms with Crippen molar-refractivity contribution in [1.29, 1.82) is 0 Å². The van der Waals surface area contributed by atoms with Crippen molar-refractivity contribution in [2.24, 2.45) is 0 Å². The van der Waals surface area contributed by atoms with Crippen LogP contribution in [0.15, 0.2) is 22.7 Å². The molecule has 0 fully saturated rings. The molecule has 14 heavy (non-hydrogen) atoms. The molecule has 0 atom stereocenters. The van der Waals surface area contributed by atoms with Crippen LogP contribution >= 0.6 is 27.5 Å². The summed E-state index contributed by atoms with van der Waals surface area (Å²) in [6.07, 6.45) is 0. The lowest BCUT2D eigenvalue weighted by atomic mass is 10.1. The highest BCUT2D eigenvalue weighted by molar-refractivity contribution is 9.10. The second kappa shape index (κ2) is 3.52. The zero-order valence-electron chi connectivity index (χ0n) is 7.94. The van der Waals surface area contributed by atoms with Gasteiger partial charge >= 0.3 is 0 Å². The molecule has 0 saturated heterocycles. The summed E-state index contributed by atoms with van der Waals surface area (Å²) in [5, 5.41) is 1.75. The molecule has 0 aliphatic rings. The molecule has 0 saturated carbocycles. The molecule has 0 bridgehead atoms. The Labute approximate surface area is 96.2 Å². The molecular formula is C11H9BrClN. The Balaban J connectivity index is 2.95. The summed E-state index contributed by atoms with van der Waals surface area (Å²) in [6, 6.07) is 5.92. The first-order chi connectivity index (χ1) is 6.59. The largest absolute Gasteiger partial charge is 0.252 e. The predicted octanol–water partition coefficient (Wildman–Crippen LogP) is 4.27. The summed E-state index contributed by atoms with van der Waals surface area (Å²) < 4.78 is 1.03. The van der Waals surface area contributed by atoms with E-state index in [4.69, 9.17) is 11.6 Å². The third kappa shape index (κ3) is 1.53. The maximum Gasteiger partial charge on any atom is 0.0864 e. The number of hydrogen-bond donors (Lipinski definition) is 0. The van der Waals surface area contributed by atoms with Gasteiger partial charge in [-0.05, 0) is 41.4 Å². The van der Waals surface area contributed by atoms with E-state index in [9.17, 15) is 0 Å². The van der Waals surface area contributed by atoms with Gasteiger partial charge < -0.3 is 0 Å². The molecule has 1 aromatic heterocycles. The standard InChI is InChI=1S/C11H9BrClN/c1-6-3-4-8-9(13)5-7(2)14-11(8)10(6)12/h3-5H,1-2H3. The molecule has 2 rings (SSSR count). The molecule has 0 N–H and O–H groups in total. The van der Waals surface area contributed by atoms with Crippen molar-refractivity contribution < 1.29 is 0 Å². The average molecular weight is 271 g/mol. The number of aromatic nitrogens is 1. The maximum atomic E-state index is 6.13. The van der Waals surface area contributed by atoms with Crippen LogP contribution in [0, 0.1) is 13.8 Å². The van der Waals surface area contributed by atoms with Crippen LogP contribution in [-0.2, 0) is 0 Å². The van der Waals surface area contributed by atoms with E-state index in [1.807, 2.05) is 32.0 Å². The van der Waals surface area contributed by atoms with Gasteiger partial charge in [0.1, 0.15) is 0 Å². The first kappa shape index (κ1) is 9.94. The number of benzene rings is 1. The molecule has 3 heteroatoms. The Morgan fingerprint density at radius 2 is 2.00 bits per heavy atom. The molecule has 0 aliphatic heterocycles. The summed E-state index contributed by atoms with van der Waals surface area (Å²) in [6.45, 7) is 3.99. The van der Waals surface area contributed by atoms with E-state index < -0.39 is 0 Å². The lowest BCUT2D eigenvalue weighted by Crippen LogP contribution is -1.87. The van der Waals surface area contributed by atoms with Crippen LogP contribution in [-0.4, -0.2) is 4.98 Å². The predicted molar refractivity (Wildman–Crippen MR) is 63.9 cm³/mol. The van der Waals surface area contributed by atoms with Crippen molar-refractivity contribution in [2.75, 3.05) is 0 Å².